The van der Waals surface area contributed by atoms with Gasteiger partial charge in [-0.3, -0.25) is 4.79 Å². The van der Waals surface area contributed by atoms with Gasteiger partial charge in [0.05, 0.1) is 6.42 Å². The number of carbonyl (C=O) groups is 1. The zero-order chi connectivity index (χ0) is 14.0. The molecule has 0 radical (unpaired) electrons. The van der Waals surface area contributed by atoms with Crippen LogP contribution in [0.15, 0.2) is 18.2 Å². The molecule has 1 aliphatic heterocycles. The van der Waals surface area contributed by atoms with E-state index in [9.17, 15) is 13.6 Å². The zero-order valence-electron chi connectivity index (χ0n) is 10.9. The second-order valence-electron chi connectivity index (χ2n) is 5.03. The van der Waals surface area contributed by atoms with Crippen LogP contribution in [0, 0.1) is 17.6 Å². The molecule has 0 bridgehead atoms. The van der Waals surface area contributed by atoms with Crippen molar-refractivity contribution in [2.24, 2.45) is 11.7 Å². The van der Waals surface area contributed by atoms with E-state index in [0.717, 1.165) is 6.42 Å². The second kappa shape index (κ2) is 5.65. The molecule has 104 valence electrons. The molecule has 19 heavy (non-hydrogen) atoms. The molecule has 1 saturated heterocycles. The summed E-state index contributed by atoms with van der Waals surface area (Å²) < 4.78 is 27.0. The van der Waals surface area contributed by atoms with E-state index in [1.165, 1.54) is 18.2 Å². The first-order valence-electron chi connectivity index (χ1n) is 6.47. The third-order valence-corrected chi connectivity index (χ3v) is 3.83. The van der Waals surface area contributed by atoms with Gasteiger partial charge in [-0.25, -0.2) is 8.78 Å². The van der Waals surface area contributed by atoms with Crippen molar-refractivity contribution in [3.8, 4) is 0 Å². The average Bonchev–Trinajstić information content (AvgIpc) is 2.75. The number of rotatable bonds is 3. The standard InChI is InChI=1S/C14H18F2N2O/c1-9-5-6-18(13(9)8-17)14(19)7-10-11(15)3-2-4-12(10)16/h2-4,9,13H,5-8,17H2,1H3. The summed E-state index contributed by atoms with van der Waals surface area (Å²) >= 11 is 0. The molecule has 2 N–H and O–H groups in total. The van der Waals surface area contributed by atoms with Gasteiger partial charge in [0.2, 0.25) is 5.91 Å². The maximum atomic E-state index is 13.5. The topological polar surface area (TPSA) is 46.3 Å². The number of likely N-dealkylation sites (tertiary alicyclic amines) is 1. The van der Waals surface area contributed by atoms with Gasteiger partial charge in [0.15, 0.2) is 0 Å². The van der Waals surface area contributed by atoms with Gasteiger partial charge >= 0.3 is 0 Å². The van der Waals surface area contributed by atoms with Crippen molar-refractivity contribution < 1.29 is 13.6 Å². The van der Waals surface area contributed by atoms with E-state index >= 15 is 0 Å². The molecular weight excluding hydrogens is 250 g/mol. The second-order valence-corrected chi connectivity index (χ2v) is 5.03. The lowest BCUT2D eigenvalue weighted by Crippen LogP contribution is -2.43. The van der Waals surface area contributed by atoms with Crippen LogP contribution in [0.2, 0.25) is 0 Å². The molecular formula is C14H18F2N2O. The monoisotopic (exact) mass is 268 g/mol. The SMILES string of the molecule is CC1CCN(C(=O)Cc2c(F)cccc2F)C1CN. The first-order chi connectivity index (χ1) is 9.04. The molecule has 0 spiro atoms. The Hall–Kier alpha value is -1.49. The lowest BCUT2D eigenvalue weighted by atomic mass is 10.0. The molecule has 3 nitrogen and oxygen atoms in total. The molecule has 1 aliphatic rings. The Bertz CT molecular complexity index is 458. The van der Waals surface area contributed by atoms with Gasteiger partial charge < -0.3 is 10.6 Å². The van der Waals surface area contributed by atoms with Gasteiger partial charge in [-0.2, -0.15) is 0 Å². The quantitative estimate of drug-likeness (QED) is 0.907. The highest BCUT2D eigenvalue weighted by Gasteiger charge is 2.33. The molecule has 1 fully saturated rings. The van der Waals surface area contributed by atoms with Crippen molar-refractivity contribution in [3.05, 3.63) is 35.4 Å². The molecule has 1 aromatic rings. The van der Waals surface area contributed by atoms with E-state index in [0.29, 0.717) is 19.0 Å². The number of halogens is 2. The van der Waals surface area contributed by atoms with Gasteiger partial charge in [-0.1, -0.05) is 13.0 Å². The number of benzene rings is 1. The van der Waals surface area contributed by atoms with E-state index < -0.39 is 11.6 Å². The number of amides is 1. The van der Waals surface area contributed by atoms with Crippen LogP contribution in [-0.2, 0) is 11.2 Å². The molecule has 0 saturated carbocycles. The lowest BCUT2D eigenvalue weighted by Gasteiger charge is -2.26. The van der Waals surface area contributed by atoms with E-state index in [1.807, 2.05) is 6.92 Å². The smallest absolute Gasteiger partial charge is 0.227 e. The predicted octanol–water partition coefficient (Wildman–Crippen LogP) is 1.70. The molecule has 1 aromatic carbocycles. The highest BCUT2D eigenvalue weighted by atomic mass is 19.1. The number of carbonyl (C=O) groups excluding carboxylic acids is 1. The minimum Gasteiger partial charge on any atom is -0.338 e. The highest BCUT2D eigenvalue weighted by Crippen LogP contribution is 2.24. The van der Waals surface area contributed by atoms with Gasteiger partial charge in [0, 0.05) is 24.7 Å². The molecule has 2 atom stereocenters. The normalized spacial score (nSPS) is 22.8. The Morgan fingerprint density at radius 3 is 2.63 bits per heavy atom. The van der Waals surface area contributed by atoms with Crippen LogP contribution in [0.4, 0.5) is 8.78 Å². The third-order valence-electron chi connectivity index (χ3n) is 3.83. The molecule has 0 aliphatic carbocycles. The van der Waals surface area contributed by atoms with Crippen LogP contribution >= 0.6 is 0 Å². The molecule has 2 unspecified atom stereocenters. The molecule has 2 rings (SSSR count). The maximum absolute atomic E-state index is 13.5. The minimum absolute atomic E-state index is 0.0256. The summed E-state index contributed by atoms with van der Waals surface area (Å²) in [4.78, 5) is 13.8. The number of hydrogen-bond donors (Lipinski definition) is 1. The van der Waals surface area contributed by atoms with E-state index in [-0.39, 0.29) is 23.9 Å². The van der Waals surface area contributed by atoms with Crippen LogP contribution in [0.1, 0.15) is 18.9 Å². The van der Waals surface area contributed by atoms with Crippen molar-refractivity contribution >= 4 is 5.91 Å². The molecule has 5 heteroatoms. The van der Waals surface area contributed by atoms with Crippen LogP contribution in [0.5, 0.6) is 0 Å². The third kappa shape index (κ3) is 2.76. The van der Waals surface area contributed by atoms with Crippen LogP contribution < -0.4 is 5.73 Å². The Balaban J connectivity index is 2.13. The van der Waals surface area contributed by atoms with E-state index in [2.05, 4.69) is 0 Å². The van der Waals surface area contributed by atoms with Gasteiger partial charge in [-0.15, -0.1) is 0 Å². The molecule has 1 heterocycles. The summed E-state index contributed by atoms with van der Waals surface area (Å²) in [7, 11) is 0. The van der Waals surface area contributed by atoms with Crippen LogP contribution in [0.25, 0.3) is 0 Å². The fraction of sp³-hybridized carbons (Fsp3) is 0.500. The molecule has 1 amide bonds. The summed E-state index contributed by atoms with van der Waals surface area (Å²) in [6.07, 6.45) is 0.634. The van der Waals surface area contributed by atoms with Gasteiger partial charge in [-0.05, 0) is 24.5 Å². The van der Waals surface area contributed by atoms with Crippen molar-refractivity contribution in [3.63, 3.8) is 0 Å². The Labute approximate surface area is 111 Å². The summed E-state index contributed by atoms with van der Waals surface area (Å²) in [5, 5.41) is 0. The Morgan fingerprint density at radius 2 is 2.05 bits per heavy atom. The van der Waals surface area contributed by atoms with Crippen molar-refractivity contribution in [2.75, 3.05) is 13.1 Å². The van der Waals surface area contributed by atoms with Gasteiger partial charge in [0.25, 0.3) is 0 Å². The average molecular weight is 268 g/mol. The fourth-order valence-electron chi connectivity index (χ4n) is 2.63. The summed E-state index contributed by atoms with van der Waals surface area (Å²) in [6.45, 7) is 3.03. The Morgan fingerprint density at radius 1 is 1.42 bits per heavy atom. The number of nitrogens with two attached hydrogens (primary N) is 1. The number of hydrogen-bond acceptors (Lipinski definition) is 2. The predicted molar refractivity (Wildman–Crippen MR) is 68.4 cm³/mol. The summed E-state index contributed by atoms with van der Waals surface area (Å²) in [5.74, 6) is -1.28. The highest BCUT2D eigenvalue weighted by molar-refractivity contribution is 5.79. The zero-order valence-corrected chi connectivity index (χ0v) is 10.9. The van der Waals surface area contributed by atoms with Crippen LogP contribution in [0.3, 0.4) is 0 Å². The minimum atomic E-state index is -0.676. The van der Waals surface area contributed by atoms with Crippen molar-refractivity contribution in [2.45, 2.75) is 25.8 Å². The van der Waals surface area contributed by atoms with E-state index in [4.69, 9.17) is 5.73 Å². The van der Waals surface area contributed by atoms with Crippen molar-refractivity contribution in [1.29, 1.82) is 0 Å². The maximum Gasteiger partial charge on any atom is 0.227 e. The van der Waals surface area contributed by atoms with Gasteiger partial charge in [0.1, 0.15) is 11.6 Å². The number of nitrogens with zero attached hydrogens (tertiary/aromatic N) is 1. The van der Waals surface area contributed by atoms with Crippen LogP contribution in [-0.4, -0.2) is 29.9 Å². The van der Waals surface area contributed by atoms with Crippen molar-refractivity contribution in [1.82, 2.24) is 4.90 Å². The summed E-state index contributed by atoms with van der Waals surface area (Å²) in [5.41, 5.74) is 5.50. The Kier molecular flexibility index (Phi) is 4.14. The molecule has 0 aromatic heterocycles. The largest absolute Gasteiger partial charge is 0.338 e. The van der Waals surface area contributed by atoms with E-state index in [1.54, 1.807) is 4.90 Å². The fourth-order valence-corrected chi connectivity index (χ4v) is 2.63. The first kappa shape index (κ1) is 13.9. The lowest BCUT2D eigenvalue weighted by molar-refractivity contribution is -0.131. The first-order valence-corrected chi connectivity index (χ1v) is 6.47. The summed E-state index contributed by atoms with van der Waals surface area (Å²) in [6, 6.07) is 3.60.